The van der Waals surface area contributed by atoms with Crippen molar-refractivity contribution in [2.75, 3.05) is 0 Å². The number of hydrogen-bond acceptors (Lipinski definition) is 4. The first-order valence-corrected chi connectivity index (χ1v) is 7.72. The van der Waals surface area contributed by atoms with Crippen LogP contribution in [-0.2, 0) is 12.8 Å². The molecule has 0 radical (unpaired) electrons. The van der Waals surface area contributed by atoms with Crippen LogP contribution in [0.1, 0.15) is 30.3 Å². The monoisotopic (exact) mass is 314 g/mol. The highest BCUT2D eigenvalue weighted by atomic mass is 35.5. The largest absolute Gasteiger partial charge is 0.309 e. The minimum Gasteiger partial charge on any atom is -0.309 e. The Balaban J connectivity index is 1.73. The van der Waals surface area contributed by atoms with Crippen LogP contribution in [-0.4, -0.2) is 19.7 Å². The topological polar surface area (TPSA) is 43.6 Å². The molecule has 3 rings (SSSR count). The molecular weight excluding hydrogens is 303 g/mol. The van der Waals surface area contributed by atoms with Gasteiger partial charge in [0.1, 0.15) is 5.82 Å². The third-order valence-electron chi connectivity index (χ3n) is 3.06. The van der Waals surface area contributed by atoms with E-state index in [1.54, 1.807) is 24.0 Å². The molecule has 19 heavy (non-hydrogen) atoms. The summed E-state index contributed by atoms with van der Waals surface area (Å²) in [5.74, 6) is 2.31. The maximum Gasteiger partial charge on any atom is 0.191 e. The normalized spacial score (nSPS) is 14.9. The number of aromatic nitrogens is 4. The summed E-state index contributed by atoms with van der Waals surface area (Å²) >= 11 is 13.7. The third-order valence-corrected chi connectivity index (χ3v) is 4.93. The van der Waals surface area contributed by atoms with Gasteiger partial charge >= 0.3 is 0 Å². The molecule has 0 saturated heterocycles. The van der Waals surface area contributed by atoms with E-state index in [0.717, 1.165) is 16.7 Å². The van der Waals surface area contributed by atoms with Crippen molar-refractivity contribution in [3.63, 3.8) is 0 Å². The van der Waals surface area contributed by atoms with E-state index in [4.69, 9.17) is 23.2 Å². The second-order valence-electron chi connectivity index (χ2n) is 4.52. The van der Waals surface area contributed by atoms with Crippen LogP contribution < -0.4 is 0 Å². The Hall–Kier alpha value is -0.780. The maximum atomic E-state index is 6.11. The lowest BCUT2D eigenvalue weighted by molar-refractivity contribution is 0.736. The Morgan fingerprint density at radius 2 is 2.16 bits per heavy atom. The molecule has 0 spiro atoms. The molecule has 0 unspecified atom stereocenters. The van der Waals surface area contributed by atoms with E-state index in [2.05, 4.69) is 19.7 Å². The van der Waals surface area contributed by atoms with Crippen LogP contribution in [0.2, 0.25) is 10.0 Å². The summed E-state index contributed by atoms with van der Waals surface area (Å²) in [5.41, 5.74) is 0.773. The number of thioether (sulfide) groups is 1. The lowest BCUT2D eigenvalue weighted by Crippen LogP contribution is -1.97. The first kappa shape index (κ1) is 13.2. The number of hydrogen-bond donors (Lipinski definition) is 0. The zero-order valence-electron chi connectivity index (χ0n) is 10.3. The minimum absolute atomic E-state index is 0.515. The van der Waals surface area contributed by atoms with Gasteiger partial charge in [-0.25, -0.2) is 0 Å². The maximum absolute atomic E-state index is 6.11. The van der Waals surface area contributed by atoms with Crippen molar-refractivity contribution in [3.05, 3.63) is 33.8 Å². The molecule has 4 nitrogen and oxygen atoms in total. The molecule has 0 N–H and O–H groups in total. The van der Waals surface area contributed by atoms with Gasteiger partial charge in [-0.3, -0.25) is 4.98 Å². The summed E-state index contributed by atoms with van der Waals surface area (Å²) in [6.45, 7) is 0. The van der Waals surface area contributed by atoms with Crippen LogP contribution in [0.25, 0.3) is 0 Å². The molecule has 1 aliphatic rings. The van der Waals surface area contributed by atoms with Gasteiger partial charge in [0, 0.05) is 24.9 Å². The molecule has 100 valence electrons. The van der Waals surface area contributed by atoms with Crippen LogP contribution >= 0.6 is 35.0 Å². The quantitative estimate of drug-likeness (QED) is 0.807. The smallest absolute Gasteiger partial charge is 0.191 e. The molecule has 2 heterocycles. The van der Waals surface area contributed by atoms with Gasteiger partial charge in [0.15, 0.2) is 5.16 Å². The minimum atomic E-state index is 0.515. The summed E-state index contributed by atoms with van der Waals surface area (Å²) in [7, 11) is 2.00. The van der Waals surface area contributed by atoms with E-state index in [1.165, 1.54) is 12.8 Å². The molecule has 7 heteroatoms. The second kappa shape index (κ2) is 5.31. The van der Waals surface area contributed by atoms with Gasteiger partial charge in [-0.15, -0.1) is 10.2 Å². The first-order chi connectivity index (χ1) is 9.16. The van der Waals surface area contributed by atoms with Crippen LogP contribution in [0.5, 0.6) is 0 Å². The summed E-state index contributed by atoms with van der Waals surface area (Å²) < 4.78 is 2.06. The molecule has 0 bridgehead atoms. The average Bonchev–Trinajstić information content (AvgIpc) is 3.17. The predicted octanol–water partition coefficient (Wildman–Crippen LogP) is 3.69. The van der Waals surface area contributed by atoms with Gasteiger partial charge in [-0.05, 0) is 18.9 Å². The van der Waals surface area contributed by atoms with Gasteiger partial charge < -0.3 is 4.57 Å². The van der Waals surface area contributed by atoms with Crippen molar-refractivity contribution in [3.8, 4) is 0 Å². The van der Waals surface area contributed by atoms with E-state index in [9.17, 15) is 0 Å². The fourth-order valence-corrected chi connectivity index (χ4v) is 3.14. The van der Waals surface area contributed by atoms with Gasteiger partial charge in [0.05, 0.1) is 15.7 Å². The van der Waals surface area contributed by atoms with Crippen LogP contribution in [0.15, 0.2) is 17.4 Å². The Morgan fingerprint density at radius 3 is 2.89 bits per heavy atom. The molecular formula is C12H12Cl2N4S. The molecule has 1 fully saturated rings. The summed E-state index contributed by atoms with van der Waals surface area (Å²) in [4.78, 5) is 4.24. The molecule has 0 aromatic carbocycles. The van der Waals surface area contributed by atoms with Gasteiger partial charge in [-0.1, -0.05) is 35.0 Å². The molecule has 1 saturated carbocycles. The van der Waals surface area contributed by atoms with Crippen LogP contribution in [0.3, 0.4) is 0 Å². The number of halogens is 2. The van der Waals surface area contributed by atoms with Crippen molar-refractivity contribution < 1.29 is 0 Å². The van der Waals surface area contributed by atoms with Crippen LogP contribution in [0.4, 0.5) is 0 Å². The molecule has 2 aromatic heterocycles. The Morgan fingerprint density at radius 1 is 1.37 bits per heavy atom. The fraction of sp³-hybridized carbons (Fsp3) is 0.417. The zero-order valence-corrected chi connectivity index (χ0v) is 12.6. The Kier molecular flexibility index (Phi) is 3.69. The number of rotatable bonds is 4. The Bertz CT molecular complexity index is 610. The fourth-order valence-electron chi connectivity index (χ4n) is 1.84. The standard InChI is InChI=1S/C12H12Cl2N4S/c1-18-11(7-2-3-7)16-17-12(18)19-6-9-10(14)8(13)4-5-15-9/h4-5,7H,2-3,6H2,1H3. The highest BCUT2D eigenvalue weighted by Gasteiger charge is 2.29. The van der Waals surface area contributed by atoms with Crippen molar-refractivity contribution in [1.29, 1.82) is 0 Å². The summed E-state index contributed by atoms with van der Waals surface area (Å²) in [5, 5.41) is 10.4. The Labute approximate surface area is 125 Å². The van der Waals surface area contributed by atoms with Crippen molar-refractivity contribution in [2.24, 2.45) is 7.05 Å². The molecule has 2 aromatic rings. The molecule has 0 atom stereocenters. The molecule has 0 amide bonds. The van der Waals surface area contributed by atoms with E-state index >= 15 is 0 Å². The molecule has 1 aliphatic carbocycles. The highest BCUT2D eigenvalue weighted by Crippen LogP contribution is 2.39. The van der Waals surface area contributed by atoms with Gasteiger partial charge in [0.25, 0.3) is 0 Å². The number of nitrogens with zero attached hydrogens (tertiary/aromatic N) is 4. The SMILES string of the molecule is Cn1c(SCc2nccc(Cl)c2Cl)nnc1C1CC1. The summed E-state index contributed by atoms with van der Waals surface area (Å²) in [6.07, 6.45) is 4.10. The van der Waals surface area contributed by atoms with E-state index in [-0.39, 0.29) is 0 Å². The van der Waals surface area contributed by atoms with Crippen molar-refractivity contribution in [1.82, 2.24) is 19.7 Å². The lowest BCUT2D eigenvalue weighted by atomic mass is 10.4. The summed E-state index contributed by atoms with van der Waals surface area (Å²) in [6, 6.07) is 1.69. The van der Waals surface area contributed by atoms with Gasteiger partial charge in [-0.2, -0.15) is 0 Å². The first-order valence-electron chi connectivity index (χ1n) is 5.97. The van der Waals surface area contributed by atoms with Gasteiger partial charge in [0.2, 0.25) is 0 Å². The van der Waals surface area contributed by atoms with E-state index < -0.39 is 0 Å². The number of pyridine rings is 1. The third kappa shape index (κ3) is 2.73. The van der Waals surface area contributed by atoms with Crippen molar-refractivity contribution >= 4 is 35.0 Å². The van der Waals surface area contributed by atoms with E-state index in [1.807, 2.05) is 7.05 Å². The highest BCUT2D eigenvalue weighted by molar-refractivity contribution is 7.98. The van der Waals surface area contributed by atoms with Crippen molar-refractivity contribution in [2.45, 2.75) is 29.7 Å². The van der Waals surface area contributed by atoms with Crippen LogP contribution in [0, 0.1) is 0 Å². The second-order valence-corrected chi connectivity index (χ2v) is 6.24. The predicted molar refractivity (Wildman–Crippen MR) is 76.8 cm³/mol. The van der Waals surface area contributed by atoms with E-state index in [0.29, 0.717) is 21.7 Å². The average molecular weight is 315 g/mol. The zero-order chi connectivity index (χ0) is 13.4. The lowest BCUT2D eigenvalue weighted by Gasteiger charge is -2.05. The molecule has 0 aliphatic heterocycles.